The van der Waals surface area contributed by atoms with Crippen LogP contribution in [0.2, 0.25) is 0 Å². The molecule has 4 amide bonds. The zero-order valence-corrected chi connectivity index (χ0v) is 21.2. The van der Waals surface area contributed by atoms with Gasteiger partial charge in [0.15, 0.2) is 0 Å². The third-order valence-electron chi connectivity index (χ3n) is 7.22. The summed E-state index contributed by atoms with van der Waals surface area (Å²) in [5.41, 5.74) is -1.47. The normalized spacial score (nSPS) is 28.8. The van der Waals surface area contributed by atoms with E-state index in [2.05, 4.69) is 10.6 Å². The first-order chi connectivity index (χ1) is 16.4. The number of carbonyl (C=O) groups excluding carboxylic acids is 4. The van der Waals surface area contributed by atoms with Crippen molar-refractivity contribution in [1.29, 1.82) is 5.26 Å². The fourth-order valence-electron chi connectivity index (χ4n) is 5.22. The molecule has 9 nitrogen and oxygen atoms in total. The Balaban J connectivity index is 1.75. The zero-order valence-electron chi connectivity index (χ0n) is 21.2. The highest BCUT2D eigenvalue weighted by molar-refractivity contribution is 5.94. The molecule has 2 heterocycles. The predicted octanol–water partition coefficient (Wildman–Crippen LogP) is 1.63. The van der Waals surface area contributed by atoms with Crippen molar-refractivity contribution in [3.8, 4) is 6.07 Å². The Morgan fingerprint density at radius 1 is 1.17 bits per heavy atom. The number of nitriles is 1. The smallest absolute Gasteiger partial charge is 0.351 e. The second kappa shape index (κ2) is 9.56. The summed E-state index contributed by atoms with van der Waals surface area (Å²) in [6.45, 7) is 8.52. The third kappa shape index (κ3) is 6.28. The summed E-state index contributed by atoms with van der Waals surface area (Å²) in [5.74, 6) is -3.87. The van der Waals surface area contributed by atoms with Gasteiger partial charge in [0.05, 0.1) is 6.07 Å². The van der Waals surface area contributed by atoms with Crippen LogP contribution in [0.4, 0.5) is 13.2 Å². The van der Waals surface area contributed by atoms with Crippen LogP contribution in [0.25, 0.3) is 0 Å². The van der Waals surface area contributed by atoms with Gasteiger partial charge in [0.2, 0.25) is 17.7 Å². The topological polar surface area (TPSA) is 131 Å². The number of carbonyl (C=O) groups is 4. The molecule has 6 atom stereocenters. The third-order valence-corrected chi connectivity index (χ3v) is 7.22. The predicted molar refractivity (Wildman–Crippen MR) is 122 cm³/mol. The van der Waals surface area contributed by atoms with E-state index in [-0.39, 0.29) is 30.7 Å². The van der Waals surface area contributed by atoms with Crippen molar-refractivity contribution in [3.63, 3.8) is 0 Å². The molecule has 36 heavy (non-hydrogen) atoms. The first-order valence-electron chi connectivity index (χ1n) is 12.1. The number of hydrogen-bond donors (Lipinski definition) is 3. The van der Waals surface area contributed by atoms with Crippen LogP contribution in [0.15, 0.2) is 0 Å². The minimum Gasteiger partial charge on any atom is -0.351 e. The van der Waals surface area contributed by atoms with Crippen molar-refractivity contribution < 1.29 is 32.3 Å². The standard InChI is InChI=1S/C24H34F3N5O4/c1-22(2,3)17(30-21(36)24(25,26)27)20(35)32-11-14-6-12(14)8-16(32)19(34)29-15(10-28)7-13-9-23(4,5)31-18(13)33/h12-17H,6-9,11H2,1-5H3,(H,29,34)(H,30,36)(H,31,33)/t12-,13-,14+,15+,16+,17-/m1/s1. The van der Waals surface area contributed by atoms with Crippen LogP contribution in [0.3, 0.4) is 0 Å². The molecule has 1 aliphatic carbocycles. The molecule has 0 spiro atoms. The van der Waals surface area contributed by atoms with E-state index >= 15 is 0 Å². The SMILES string of the molecule is CC1(C)C[C@@H](C[C@@H](C#N)NC(=O)[C@@H]2C[C@H]3C[C@H]3CN2C(=O)[C@@H](NC(=O)C(F)(F)F)C(C)(C)C)C(=O)N1. The Bertz CT molecular complexity index is 968. The van der Waals surface area contributed by atoms with E-state index in [0.717, 1.165) is 6.42 Å². The lowest BCUT2D eigenvalue weighted by atomic mass is 9.84. The maximum absolute atomic E-state index is 13.5. The van der Waals surface area contributed by atoms with Gasteiger partial charge in [-0.25, -0.2) is 0 Å². The van der Waals surface area contributed by atoms with E-state index in [4.69, 9.17) is 0 Å². The van der Waals surface area contributed by atoms with Crippen molar-refractivity contribution >= 4 is 23.6 Å². The number of amides is 4. The molecule has 3 rings (SSSR count). The Labute approximate surface area is 208 Å². The number of piperidine rings is 1. The van der Waals surface area contributed by atoms with Crippen molar-refractivity contribution in [2.24, 2.45) is 23.2 Å². The Morgan fingerprint density at radius 2 is 1.81 bits per heavy atom. The van der Waals surface area contributed by atoms with Crippen LogP contribution < -0.4 is 16.0 Å². The summed E-state index contributed by atoms with van der Waals surface area (Å²) in [5, 5.41) is 16.9. The lowest BCUT2D eigenvalue weighted by Gasteiger charge is -2.40. The van der Waals surface area contributed by atoms with Crippen LogP contribution in [0.1, 0.15) is 60.3 Å². The highest BCUT2D eigenvalue weighted by atomic mass is 19.4. The molecule has 0 bridgehead atoms. The number of nitrogens with zero attached hydrogens (tertiary/aromatic N) is 2. The second-order valence-electron chi connectivity index (χ2n) is 12.0. The molecule has 2 saturated heterocycles. The summed E-state index contributed by atoms with van der Waals surface area (Å²) >= 11 is 0. The molecule has 0 radical (unpaired) electrons. The van der Waals surface area contributed by atoms with Crippen LogP contribution in [-0.2, 0) is 19.2 Å². The van der Waals surface area contributed by atoms with E-state index in [9.17, 15) is 37.6 Å². The fraction of sp³-hybridized carbons (Fsp3) is 0.792. The van der Waals surface area contributed by atoms with Gasteiger partial charge >= 0.3 is 12.1 Å². The van der Waals surface area contributed by atoms with Gasteiger partial charge in [0.25, 0.3) is 0 Å². The Hall–Kier alpha value is -2.84. The molecule has 200 valence electrons. The summed E-state index contributed by atoms with van der Waals surface area (Å²) < 4.78 is 38.8. The van der Waals surface area contributed by atoms with Gasteiger partial charge in [-0.2, -0.15) is 18.4 Å². The van der Waals surface area contributed by atoms with E-state index in [1.807, 2.05) is 25.2 Å². The number of alkyl halides is 3. The first kappa shape index (κ1) is 27.7. The van der Waals surface area contributed by atoms with Crippen molar-refractivity contribution in [2.75, 3.05) is 6.54 Å². The van der Waals surface area contributed by atoms with Crippen molar-refractivity contribution in [3.05, 3.63) is 0 Å². The maximum atomic E-state index is 13.5. The molecular weight excluding hydrogens is 479 g/mol. The average molecular weight is 514 g/mol. The second-order valence-corrected chi connectivity index (χ2v) is 12.0. The Morgan fingerprint density at radius 3 is 2.31 bits per heavy atom. The summed E-state index contributed by atoms with van der Waals surface area (Å²) in [6, 6.07) is -1.46. The van der Waals surface area contributed by atoms with Crippen LogP contribution >= 0.6 is 0 Å². The molecule has 2 aliphatic heterocycles. The number of nitrogens with one attached hydrogen (secondary N) is 3. The van der Waals surface area contributed by atoms with Gasteiger partial charge in [-0.05, 0) is 56.8 Å². The average Bonchev–Trinajstić information content (AvgIpc) is 3.45. The highest BCUT2D eigenvalue weighted by Gasteiger charge is 2.52. The van der Waals surface area contributed by atoms with Gasteiger partial charge in [-0.1, -0.05) is 20.8 Å². The molecule has 3 fully saturated rings. The van der Waals surface area contributed by atoms with E-state index in [1.165, 1.54) is 25.7 Å². The number of hydrogen-bond acceptors (Lipinski definition) is 5. The van der Waals surface area contributed by atoms with E-state index in [0.29, 0.717) is 12.8 Å². The maximum Gasteiger partial charge on any atom is 0.471 e. The lowest BCUT2D eigenvalue weighted by molar-refractivity contribution is -0.176. The molecule has 3 N–H and O–H groups in total. The lowest BCUT2D eigenvalue weighted by Crippen LogP contribution is -2.62. The van der Waals surface area contributed by atoms with Gasteiger partial charge < -0.3 is 20.9 Å². The van der Waals surface area contributed by atoms with Crippen molar-refractivity contribution in [2.45, 2.75) is 90.1 Å². The van der Waals surface area contributed by atoms with E-state index < -0.39 is 58.9 Å². The van der Waals surface area contributed by atoms with Crippen LogP contribution in [0.5, 0.6) is 0 Å². The van der Waals surface area contributed by atoms with E-state index in [1.54, 1.807) is 0 Å². The molecule has 0 aromatic rings. The van der Waals surface area contributed by atoms with Crippen LogP contribution in [0, 0.1) is 34.5 Å². The van der Waals surface area contributed by atoms with Crippen LogP contribution in [-0.4, -0.2) is 64.9 Å². The minimum atomic E-state index is -5.16. The highest BCUT2D eigenvalue weighted by Crippen LogP contribution is 2.47. The number of fused-ring (bicyclic) bond motifs is 1. The number of rotatable bonds is 6. The molecular formula is C24H34F3N5O4. The fourth-order valence-corrected chi connectivity index (χ4v) is 5.22. The molecule has 1 saturated carbocycles. The summed E-state index contributed by atoms with van der Waals surface area (Å²) in [6.07, 6.45) is -3.44. The number of halogens is 3. The monoisotopic (exact) mass is 513 g/mol. The molecule has 12 heteroatoms. The van der Waals surface area contributed by atoms with Crippen molar-refractivity contribution in [1.82, 2.24) is 20.9 Å². The minimum absolute atomic E-state index is 0.108. The molecule has 0 unspecified atom stereocenters. The largest absolute Gasteiger partial charge is 0.471 e. The van der Waals surface area contributed by atoms with Gasteiger partial charge in [0, 0.05) is 18.0 Å². The molecule has 0 aromatic carbocycles. The zero-order chi connectivity index (χ0) is 27.2. The number of likely N-dealkylation sites (tertiary alicyclic amines) is 1. The molecule has 0 aromatic heterocycles. The van der Waals surface area contributed by atoms with Gasteiger partial charge in [-0.3, -0.25) is 19.2 Å². The van der Waals surface area contributed by atoms with Gasteiger partial charge in [-0.15, -0.1) is 0 Å². The summed E-state index contributed by atoms with van der Waals surface area (Å²) in [7, 11) is 0. The quantitative estimate of drug-likeness (QED) is 0.497. The van der Waals surface area contributed by atoms with Gasteiger partial charge in [0.1, 0.15) is 18.1 Å². The Kier molecular flexibility index (Phi) is 7.37. The summed E-state index contributed by atoms with van der Waals surface area (Å²) in [4.78, 5) is 51.9. The first-order valence-corrected chi connectivity index (χ1v) is 12.1. The molecule has 3 aliphatic rings.